The van der Waals surface area contributed by atoms with Gasteiger partial charge in [-0.3, -0.25) is 19.4 Å². The number of aromatic nitrogens is 2. The SMILES string of the molecule is CN1c2c(nc(N)[nH]c2=O)NCC1CNc1ccc(C(=O)NC(CCC(=O)O)C(=O)O)cc1.[CaH2]. The molecule has 0 bridgehead atoms. The van der Waals surface area contributed by atoms with Gasteiger partial charge >= 0.3 is 49.7 Å². The molecule has 2 heterocycles. The van der Waals surface area contributed by atoms with Crippen molar-refractivity contribution in [1.29, 1.82) is 0 Å². The summed E-state index contributed by atoms with van der Waals surface area (Å²) in [7, 11) is 1.79. The first-order chi connectivity index (χ1) is 15.7. The predicted octanol–water partition coefficient (Wildman–Crippen LogP) is -1.17. The van der Waals surface area contributed by atoms with Gasteiger partial charge in [0.1, 0.15) is 11.7 Å². The van der Waals surface area contributed by atoms with E-state index >= 15 is 0 Å². The minimum atomic E-state index is -1.30. The van der Waals surface area contributed by atoms with Gasteiger partial charge in [0.15, 0.2) is 5.82 Å². The first-order valence-electron chi connectivity index (χ1n) is 10.1. The van der Waals surface area contributed by atoms with Gasteiger partial charge in [-0.05, 0) is 30.7 Å². The monoisotopic (exact) mass is 501 g/mol. The van der Waals surface area contributed by atoms with Crippen molar-refractivity contribution in [2.75, 3.05) is 41.4 Å². The predicted molar refractivity (Wildman–Crippen MR) is 129 cm³/mol. The number of carboxylic acid groups (broad SMARTS) is 2. The Labute approximate surface area is 224 Å². The number of nitrogens with two attached hydrogens (primary N) is 1. The van der Waals surface area contributed by atoms with E-state index < -0.39 is 23.9 Å². The van der Waals surface area contributed by atoms with Crippen molar-refractivity contribution in [3.63, 3.8) is 0 Å². The number of likely N-dealkylation sites (N-methyl/N-ethyl adjacent to an activating group) is 1. The van der Waals surface area contributed by atoms with Gasteiger partial charge in [0, 0.05) is 37.8 Å². The van der Waals surface area contributed by atoms with Crippen molar-refractivity contribution < 1.29 is 24.6 Å². The quantitative estimate of drug-likeness (QED) is 0.204. The zero-order valence-electron chi connectivity index (χ0n) is 17.8. The summed E-state index contributed by atoms with van der Waals surface area (Å²) in [6.07, 6.45) is -0.586. The standard InChI is InChI=1S/C20H25N7O6.Ca.2H/c1-27-12(9-23-16-15(27)18(31)26-20(21)25-16)8-22-11-4-2-10(3-5-11)17(30)24-13(19(32)33)6-7-14(28)29;;;/h2-5,12-13,22H,6-9H2,1H3,(H,24,30)(H,28,29)(H,32,33)(H4,21,23,25,26,31);;;. The molecule has 180 valence electrons. The minimum absolute atomic E-state index is 0. The Morgan fingerprint density at radius 3 is 2.56 bits per heavy atom. The van der Waals surface area contributed by atoms with Crippen LogP contribution in [0.5, 0.6) is 0 Å². The maximum absolute atomic E-state index is 12.3. The number of aromatic amines is 1. The molecular formula is C20H27CaN7O6. The van der Waals surface area contributed by atoms with Crippen LogP contribution < -0.4 is 32.1 Å². The summed E-state index contributed by atoms with van der Waals surface area (Å²) in [5.74, 6) is -2.59. The fourth-order valence-electron chi connectivity index (χ4n) is 3.42. The normalized spacial score (nSPS) is 15.2. The molecule has 1 aromatic carbocycles. The van der Waals surface area contributed by atoms with Crippen LogP contribution >= 0.6 is 0 Å². The average molecular weight is 502 g/mol. The van der Waals surface area contributed by atoms with E-state index in [9.17, 15) is 24.3 Å². The molecule has 0 saturated carbocycles. The van der Waals surface area contributed by atoms with Gasteiger partial charge in [-0.25, -0.2) is 4.79 Å². The Morgan fingerprint density at radius 2 is 1.94 bits per heavy atom. The number of rotatable bonds is 9. The molecule has 1 amide bonds. The Bertz CT molecular complexity index is 1110. The number of hydrogen-bond acceptors (Lipinski definition) is 9. The van der Waals surface area contributed by atoms with Crippen molar-refractivity contribution in [2.24, 2.45) is 0 Å². The topological polar surface area (TPSA) is 203 Å². The van der Waals surface area contributed by atoms with E-state index in [2.05, 4.69) is 25.9 Å². The average Bonchev–Trinajstić information content (AvgIpc) is 2.75. The van der Waals surface area contributed by atoms with Gasteiger partial charge in [-0.2, -0.15) is 4.98 Å². The molecule has 2 unspecified atom stereocenters. The van der Waals surface area contributed by atoms with Gasteiger partial charge in [-0.15, -0.1) is 0 Å². The first-order valence-corrected chi connectivity index (χ1v) is 10.1. The van der Waals surface area contributed by atoms with Crippen molar-refractivity contribution in [1.82, 2.24) is 15.3 Å². The second kappa shape index (κ2) is 11.9. The summed E-state index contributed by atoms with van der Waals surface area (Å²) in [5, 5.41) is 26.6. The Hall–Kier alpha value is -3.03. The Balaban J connectivity index is 0.00000408. The zero-order chi connectivity index (χ0) is 24.1. The van der Waals surface area contributed by atoms with Crippen LogP contribution in [0.25, 0.3) is 0 Å². The van der Waals surface area contributed by atoms with Crippen molar-refractivity contribution in [3.05, 3.63) is 40.2 Å². The summed E-state index contributed by atoms with van der Waals surface area (Å²) in [4.78, 5) is 54.9. The molecule has 3 rings (SSSR count). The van der Waals surface area contributed by atoms with Gasteiger partial charge in [0.25, 0.3) is 11.5 Å². The van der Waals surface area contributed by atoms with Crippen LogP contribution in [0.2, 0.25) is 0 Å². The number of hydrogen-bond donors (Lipinski definition) is 7. The third-order valence-electron chi connectivity index (χ3n) is 5.26. The van der Waals surface area contributed by atoms with Crippen LogP contribution in [0.4, 0.5) is 23.1 Å². The summed E-state index contributed by atoms with van der Waals surface area (Å²) in [6, 6.07) is 5.03. The molecular weight excluding hydrogens is 474 g/mol. The van der Waals surface area contributed by atoms with Crippen LogP contribution in [0.15, 0.2) is 29.1 Å². The van der Waals surface area contributed by atoms with Gasteiger partial charge in [-0.1, -0.05) is 0 Å². The summed E-state index contributed by atoms with van der Waals surface area (Å²) < 4.78 is 0. The molecule has 13 nitrogen and oxygen atoms in total. The molecule has 0 saturated heterocycles. The van der Waals surface area contributed by atoms with Crippen molar-refractivity contribution in [2.45, 2.75) is 24.9 Å². The molecule has 1 aliphatic heterocycles. The number of nitrogens with one attached hydrogen (secondary N) is 4. The van der Waals surface area contributed by atoms with Gasteiger partial charge < -0.3 is 36.8 Å². The van der Waals surface area contributed by atoms with Crippen LogP contribution in [0.1, 0.15) is 23.2 Å². The van der Waals surface area contributed by atoms with Crippen LogP contribution in [0, 0.1) is 0 Å². The number of anilines is 4. The number of aliphatic carboxylic acids is 2. The van der Waals surface area contributed by atoms with E-state index in [0.29, 0.717) is 24.6 Å². The van der Waals surface area contributed by atoms with E-state index in [-0.39, 0.29) is 73.7 Å². The fraction of sp³-hybridized carbons (Fsp3) is 0.350. The number of benzene rings is 1. The maximum atomic E-state index is 12.3. The number of nitrogen functional groups attached to an aromatic ring is 1. The molecule has 8 N–H and O–H groups in total. The molecule has 0 radical (unpaired) electrons. The van der Waals surface area contributed by atoms with Crippen molar-refractivity contribution >= 4 is 78.7 Å². The number of H-pyrrole nitrogens is 1. The Morgan fingerprint density at radius 1 is 1.26 bits per heavy atom. The first kappa shape index (κ1) is 27.2. The second-order valence-electron chi connectivity index (χ2n) is 7.55. The fourth-order valence-corrected chi connectivity index (χ4v) is 3.42. The second-order valence-corrected chi connectivity index (χ2v) is 7.55. The third kappa shape index (κ3) is 6.74. The molecule has 0 fully saturated rings. The van der Waals surface area contributed by atoms with E-state index in [1.807, 2.05) is 4.90 Å². The number of fused-ring (bicyclic) bond motifs is 1. The van der Waals surface area contributed by atoms with E-state index in [4.69, 9.17) is 10.8 Å². The number of amides is 1. The molecule has 14 heteroatoms. The van der Waals surface area contributed by atoms with Crippen molar-refractivity contribution in [3.8, 4) is 0 Å². The van der Waals surface area contributed by atoms with Crippen LogP contribution in [-0.2, 0) is 9.59 Å². The van der Waals surface area contributed by atoms with E-state index in [0.717, 1.165) is 5.69 Å². The molecule has 0 spiro atoms. The van der Waals surface area contributed by atoms with Crippen LogP contribution in [0.3, 0.4) is 0 Å². The molecule has 1 aliphatic rings. The number of carbonyl (C=O) groups excluding carboxylic acids is 1. The van der Waals surface area contributed by atoms with Crippen LogP contribution in [-0.4, -0.2) is 108 Å². The Kier molecular flexibility index (Phi) is 9.53. The van der Waals surface area contributed by atoms with Gasteiger partial charge in [0.2, 0.25) is 5.95 Å². The molecule has 34 heavy (non-hydrogen) atoms. The summed E-state index contributed by atoms with van der Waals surface area (Å²) in [6.45, 7) is 1.01. The third-order valence-corrected chi connectivity index (χ3v) is 5.26. The molecule has 2 aromatic rings. The van der Waals surface area contributed by atoms with E-state index in [1.165, 1.54) is 12.1 Å². The van der Waals surface area contributed by atoms with E-state index in [1.54, 1.807) is 19.2 Å². The number of nitrogens with zero attached hydrogens (tertiary/aromatic N) is 2. The molecule has 2 atom stereocenters. The number of carboxylic acids is 2. The number of carbonyl (C=O) groups is 3. The summed E-state index contributed by atoms with van der Waals surface area (Å²) >= 11 is 0. The molecule has 0 aliphatic carbocycles. The summed E-state index contributed by atoms with van der Waals surface area (Å²) in [5.41, 5.74) is 6.59. The van der Waals surface area contributed by atoms with Gasteiger partial charge in [0.05, 0.1) is 6.04 Å². The zero-order valence-corrected chi connectivity index (χ0v) is 17.8. The molecule has 1 aromatic heterocycles.